The van der Waals surface area contributed by atoms with Gasteiger partial charge in [-0.15, -0.1) is 0 Å². The van der Waals surface area contributed by atoms with Crippen LogP contribution in [0.25, 0.3) is 0 Å². The minimum atomic E-state index is -0.610. The van der Waals surface area contributed by atoms with E-state index in [9.17, 15) is 10.1 Å². The Morgan fingerprint density at radius 1 is 1.28 bits per heavy atom. The quantitative estimate of drug-likeness (QED) is 0.467. The zero-order chi connectivity index (χ0) is 18.2. The van der Waals surface area contributed by atoms with E-state index in [4.69, 9.17) is 21.1 Å². The number of hydrogen-bond donors (Lipinski definition) is 2. The van der Waals surface area contributed by atoms with Crippen LogP contribution in [0, 0.1) is 11.3 Å². The van der Waals surface area contributed by atoms with Crippen molar-refractivity contribution in [3.63, 3.8) is 0 Å². The number of benzene rings is 1. The lowest BCUT2D eigenvalue weighted by Crippen LogP contribution is -2.15. The van der Waals surface area contributed by atoms with Crippen LogP contribution in [0.3, 0.4) is 0 Å². The van der Waals surface area contributed by atoms with Crippen LogP contribution in [-0.2, 0) is 4.79 Å². The Hall–Kier alpha value is -3.24. The monoisotopic (exact) mass is 358 g/mol. The summed E-state index contributed by atoms with van der Waals surface area (Å²) in [4.78, 5) is 16.2. The molecule has 1 aromatic carbocycles. The average molecular weight is 359 g/mol. The predicted octanol–water partition coefficient (Wildman–Crippen LogP) is 3.21. The van der Waals surface area contributed by atoms with Crippen molar-refractivity contribution in [2.24, 2.45) is 0 Å². The molecular weight excluding hydrogens is 344 g/mol. The van der Waals surface area contributed by atoms with Crippen LogP contribution in [0.1, 0.15) is 0 Å². The minimum absolute atomic E-state index is 0.148. The zero-order valence-electron chi connectivity index (χ0n) is 13.5. The van der Waals surface area contributed by atoms with Crippen molar-refractivity contribution in [3.8, 4) is 17.6 Å². The van der Waals surface area contributed by atoms with Gasteiger partial charge < -0.3 is 20.1 Å². The summed E-state index contributed by atoms with van der Waals surface area (Å²) in [7, 11) is 2.99. The largest absolute Gasteiger partial charge is 0.497 e. The van der Waals surface area contributed by atoms with Gasteiger partial charge in [-0.05, 0) is 24.3 Å². The van der Waals surface area contributed by atoms with Gasteiger partial charge in [0.2, 0.25) is 0 Å². The Labute approximate surface area is 149 Å². The number of carbonyl (C=O) groups is 1. The number of anilines is 2. The molecule has 1 aromatic heterocycles. The van der Waals surface area contributed by atoms with Crippen molar-refractivity contribution in [2.75, 3.05) is 24.9 Å². The third-order valence-corrected chi connectivity index (χ3v) is 3.45. The lowest BCUT2D eigenvalue weighted by molar-refractivity contribution is -0.112. The summed E-state index contributed by atoms with van der Waals surface area (Å²) in [6, 6.07) is 10.1. The van der Waals surface area contributed by atoms with Gasteiger partial charge in [-0.25, -0.2) is 4.98 Å². The average Bonchev–Trinajstić information content (AvgIpc) is 2.63. The molecule has 0 fully saturated rings. The highest BCUT2D eigenvalue weighted by atomic mass is 35.5. The van der Waals surface area contributed by atoms with E-state index in [1.165, 1.54) is 26.6 Å². The molecule has 0 aliphatic rings. The van der Waals surface area contributed by atoms with E-state index < -0.39 is 5.91 Å². The Bertz CT molecular complexity index is 846. The molecule has 0 saturated carbocycles. The fourth-order valence-electron chi connectivity index (χ4n) is 1.89. The van der Waals surface area contributed by atoms with Crippen molar-refractivity contribution in [2.45, 2.75) is 0 Å². The van der Waals surface area contributed by atoms with Crippen LogP contribution in [0.15, 0.2) is 48.3 Å². The van der Waals surface area contributed by atoms with Crippen molar-refractivity contribution >= 4 is 28.9 Å². The molecule has 25 heavy (non-hydrogen) atoms. The van der Waals surface area contributed by atoms with E-state index in [2.05, 4.69) is 15.6 Å². The third-order valence-electron chi connectivity index (χ3n) is 3.15. The molecule has 1 amide bonds. The van der Waals surface area contributed by atoms with Crippen molar-refractivity contribution < 1.29 is 14.3 Å². The molecular formula is C17H15ClN4O3. The molecule has 128 valence electrons. The lowest BCUT2D eigenvalue weighted by Gasteiger charge is -2.11. The SMILES string of the molecule is COc1ccc(OC)c(NC(=O)/C(C#N)=C\Nc2cccnc2Cl)c1. The third kappa shape index (κ3) is 4.62. The molecule has 8 heteroatoms. The highest BCUT2D eigenvalue weighted by molar-refractivity contribution is 6.32. The first-order chi connectivity index (χ1) is 12.1. The molecule has 0 aliphatic heterocycles. The maximum Gasteiger partial charge on any atom is 0.267 e. The molecule has 2 rings (SSSR count). The number of amides is 1. The fourth-order valence-corrected chi connectivity index (χ4v) is 2.07. The predicted molar refractivity (Wildman–Crippen MR) is 94.7 cm³/mol. The molecule has 0 bridgehead atoms. The van der Waals surface area contributed by atoms with Gasteiger partial charge in [-0.3, -0.25) is 4.79 Å². The van der Waals surface area contributed by atoms with Crippen molar-refractivity contribution in [1.82, 2.24) is 4.98 Å². The van der Waals surface area contributed by atoms with Crippen LogP contribution in [-0.4, -0.2) is 25.1 Å². The summed E-state index contributed by atoms with van der Waals surface area (Å²) >= 11 is 5.92. The zero-order valence-corrected chi connectivity index (χ0v) is 14.3. The number of nitriles is 1. The van der Waals surface area contributed by atoms with E-state index in [1.54, 1.807) is 30.3 Å². The van der Waals surface area contributed by atoms with Crippen LogP contribution in [0.5, 0.6) is 11.5 Å². The molecule has 2 N–H and O–H groups in total. The summed E-state index contributed by atoms with van der Waals surface area (Å²) in [5.41, 5.74) is 0.709. The Morgan fingerprint density at radius 2 is 2.08 bits per heavy atom. The number of nitrogens with one attached hydrogen (secondary N) is 2. The van der Waals surface area contributed by atoms with E-state index in [0.717, 1.165) is 0 Å². The number of ether oxygens (including phenoxy) is 2. The molecule has 0 spiro atoms. The van der Waals surface area contributed by atoms with E-state index in [0.29, 0.717) is 22.9 Å². The second-order valence-electron chi connectivity index (χ2n) is 4.68. The maximum atomic E-state index is 12.3. The lowest BCUT2D eigenvalue weighted by atomic mass is 10.2. The summed E-state index contributed by atoms with van der Waals surface area (Å²) < 4.78 is 10.3. The van der Waals surface area contributed by atoms with Gasteiger partial charge in [0.1, 0.15) is 23.1 Å². The van der Waals surface area contributed by atoms with Gasteiger partial charge in [-0.2, -0.15) is 5.26 Å². The van der Waals surface area contributed by atoms with Gasteiger partial charge in [-0.1, -0.05) is 11.6 Å². The van der Waals surface area contributed by atoms with Crippen LogP contribution in [0.2, 0.25) is 5.15 Å². The Morgan fingerprint density at radius 3 is 2.72 bits per heavy atom. The number of aromatic nitrogens is 1. The smallest absolute Gasteiger partial charge is 0.267 e. The van der Waals surface area contributed by atoms with Gasteiger partial charge in [0.05, 0.1) is 25.6 Å². The number of rotatable bonds is 6. The summed E-state index contributed by atoms with van der Waals surface area (Å²) in [5, 5.41) is 14.9. The first kappa shape index (κ1) is 18.1. The molecule has 2 aromatic rings. The number of pyridine rings is 1. The first-order valence-corrected chi connectivity index (χ1v) is 7.47. The van der Waals surface area contributed by atoms with Crippen LogP contribution in [0.4, 0.5) is 11.4 Å². The van der Waals surface area contributed by atoms with Gasteiger partial charge >= 0.3 is 0 Å². The standard InChI is InChI=1S/C17H15ClN4O3/c1-24-12-5-6-15(25-2)14(8-12)22-17(23)11(9-19)10-21-13-4-3-7-20-16(13)18/h3-8,10,21H,1-2H3,(H,22,23)/b11-10-. The number of carbonyl (C=O) groups excluding carboxylic acids is 1. The molecule has 0 saturated heterocycles. The molecule has 7 nitrogen and oxygen atoms in total. The molecule has 0 atom stereocenters. The minimum Gasteiger partial charge on any atom is -0.497 e. The Balaban J connectivity index is 2.19. The first-order valence-electron chi connectivity index (χ1n) is 7.09. The number of methoxy groups -OCH3 is 2. The molecule has 0 aliphatic carbocycles. The van der Waals surface area contributed by atoms with Gasteiger partial charge in [0.15, 0.2) is 5.15 Å². The summed E-state index contributed by atoms with van der Waals surface area (Å²) in [5.74, 6) is 0.370. The van der Waals surface area contributed by atoms with Crippen molar-refractivity contribution in [3.05, 3.63) is 53.5 Å². The summed E-state index contributed by atoms with van der Waals surface area (Å²) in [6.45, 7) is 0. The Kier molecular flexibility index (Phi) is 6.20. The van der Waals surface area contributed by atoms with E-state index >= 15 is 0 Å². The normalized spacial score (nSPS) is 10.6. The van der Waals surface area contributed by atoms with Gasteiger partial charge in [0.25, 0.3) is 5.91 Å². The summed E-state index contributed by atoms with van der Waals surface area (Å²) in [6.07, 6.45) is 2.79. The van der Waals surface area contributed by atoms with Crippen molar-refractivity contribution in [1.29, 1.82) is 5.26 Å². The van der Waals surface area contributed by atoms with E-state index in [1.807, 2.05) is 6.07 Å². The fraction of sp³-hybridized carbons (Fsp3) is 0.118. The van der Waals surface area contributed by atoms with E-state index in [-0.39, 0.29) is 10.7 Å². The highest BCUT2D eigenvalue weighted by Gasteiger charge is 2.13. The second kappa shape index (κ2) is 8.57. The maximum absolute atomic E-state index is 12.3. The van der Waals surface area contributed by atoms with Crippen LogP contribution < -0.4 is 20.1 Å². The number of hydrogen-bond acceptors (Lipinski definition) is 6. The molecule has 0 radical (unpaired) electrons. The molecule has 1 heterocycles. The highest BCUT2D eigenvalue weighted by Crippen LogP contribution is 2.29. The van der Waals surface area contributed by atoms with Gasteiger partial charge in [0, 0.05) is 18.5 Å². The number of nitrogens with zero attached hydrogens (tertiary/aromatic N) is 2. The van der Waals surface area contributed by atoms with Crippen LogP contribution >= 0.6 is 11.6 Å². The topological polar surface area (TPSA) is 96.3 Å². The second-order valence-corrected chi connectivity index (χ2v) is 5.03. The molecule has 0 unspecified atom stereocenters. The number of halogens is 1.